The monoisotopic (exact) mass is 381 g/mol. The molecule has 0 amide bonds. The molecule has 1 heterocycles. The molecule has 0 radical (unpaired) electrons. The van der Waals surface area contributed by atoms with Crippen LogP contribution in [0.15, 0.2) is 48.5 Å². The lowest BCUT2D eigenvalue weighted by atomic mass is 10.0. The van der Waals surface area contributed by atoms with Gasteiger partial charge in [0.05, 0.1) is 25.9 Å². The standard InChI is InChI=1S/C24H31NO3/c1-27-21-11-9-20(10-12-21)19-7-5-18(6-8-19)17-28-22-15-23(24(26)16-22)25-13-3-2-4-14-25/h5-12,22-24,26H,2-4,13-17H2,1H3/t22-,23-,24-/m1/s1. The summed E-state index contributed by atoms with van der Waals surface area (Å²) in [6, 6.07) is 16.9. The number of aliphatic hydroxyl groups excluding tert-OH is 1. The maximum absolute atomic E-state index is 10.5. The molecule has 1 N–H and O–H groups in total. The first kappa shape index (κ1) is 19.4. The molecule has 2 aromatic rings. The fraction of sp³-hybridized carbons (Fsp3) is 0.500. The first-order chi connectivity index (χ1) is 13.7. The number of hydrogen-bond acceptors (Lipinski definition) is 4. The van der Waals surface area contributed by atoms with Crippen LogP contribution in [-0.4, -0.2) is 48.5 Å². The van der Waals surface area contributed by atoms with Crippen molar-refractivity contribution in [2.24, 2.45) is 0 Å². The minimum Gasteiger partial charge on any atom is -0.497 e. The Morgan fingerprint density at radius 1 is 0.893 bits per heavy atom. The number of aliphatic hydroxyl groups is 1. The maximum atomic E-state index is 10.5. The smallest absolute Gasteiger partial charge is 0.118 e. The van der Waals surface area contributed by atoms with Crippen molar-refractivity contribution in [3.05, 3.63) is 54.1 Å². The molecule has 150 valence electrons. The summed E-state index contributed by atoms with van der Waals surface area (Å²) in [5.74, 6) is 0.871. The lowest BCUT2D eigenvalue weighted by Crippen LogP contribution is -2.43. The molecule has 2 aromatic carbocycles. The molecule has 1 aliphatic carbocycles. The third-order valence-electron chi connectivity index (χ3n) is 6.18. The van der Waals surface area contributed by atoms with E-state index in [0.717, 1.165) is 31.7 Å². The second kappa shape index (κ2) is 9.08. The molecule has 4 heteroatoms. The van der Waals surface area contributed by atoms with Crippen molar-refractivity contribution in [2.75, 3.05) is 20.2 Å². The highest BCUT2D eigenvalue weighted by Crippen LogP contribution is 2.30. The van der Waals surface area contributed by atoms with Crippen molar-refractivity contribution in [3.63, 3.8) is 0 Å². The van der Waals surface area contributed by atoms with Gasteiger partial charge in [-0.3, -0.25) is 4.90 Å². The van der Waals surface area contributed by atoms with Crippen LogP contribution in [0, 0.1) is 0 Å². The summed E-state index contributed by atoms with van der Waals surface area (Å²) < 4.78 is 11.4. The van der Waals surface area contributed by atoms with Crippen LogP contribution in [0.4, 0.5) is 0 Å². The van der Waals surface area contributed by atoms with Crippen molar-refractivity contribution >= 4 is 0 Å². The first-order valence-corrected chi connectivity index (χ1v) is 10.5. The van der Waals surface area contributed by atoms with E-state index in [-0.39, 0.29) is 18.2 Å². The average molecular weight is 382 g/mol. The summed E-state index contributed by atoms with van der Waals surface area (Å²) in [5.41, 5.74) is 3.54. The molecule has 3 atom stereocenters. The number of benzene rings is 2. The summed E-state index contributed by atoms with van der Waals surface area (Å²) in [6.45, 7) is 2.86. The molecular formula is C24H31NO3. The van der Waals surface area contributed by atoms with E-state index < -0.39 is 0 Å². The molecule has 0 spiro atoms. The summed E-state index contributed by atoms with van der Waals surface area (Å²) in [7, 11) is 1.68. The summed E-state index contributed by atoms with van der Waals surface area (Å²) in [4.78, 5) is 2.47. The van der Waals surface area contributed by atoms with Crippen LogP contribution in [0.3, 0.4) is 0 Å². The predicted molar refractivity (Wildman–Crippen MR) is 111 cm³/mol. The zero-order chi connectivity index (χ0) is 19.3. The maximum Gasteiger partial charge on any atom is 0.118 e. The molecule has 1 aliphatic heterocycles. The largest absolute Gasteiger partial charge is 0.497 e. The summed E-state index contributed by atoms with van der Waals surface area (Å²) in [6.07, 6.45) is 5.45. The van der Waals surface area contributed by atoms with E-state index in [2.05, 4.69) is 41.3 Å². The van der Waals surface area contributed by atoms with Crippen molar-refractivity contribution in [2.45, 2.75) is 57.0 Å². The van der Waals surface area contributed by atoms with Gasteiger partial charge in [-0.25, -0.2) is 0 Å². The highest BCUT2D eigenvalue weighted by Gasteiger charge is 2.37. The number of hydrogen-bond donors (Lipinski definition) is 1. The first-order valence-electron chi connectivity index (χ1n) is 10.5. The summed E-state index contributed by atoms with van der Waals surface area (Å²) in [5, 5.41) is 10.5. The second-order valence-corrected chi connectivity index (χ2v) is 8.06. The van der Waals surface area contributed by atoms with E-state index in [1.165, 1.54) is 36.0 Å². The number of piperidine rings is 1. The molecule has 4 nitrogen and oxygen atoms in total. The number of methoxy groups -OCH3 is 1. The van der Waals surface area contributed by atoms with Crippen LogP contribution < -0.4 is 4.74 Å². The zero-order valence-corrected chi connectivity index (χ0v) is 16.7. The van der Waals surface area contributed by atoms with Gasteiger partial charge in [0.1, 0.15) is 5.75 Å². The Morgan fingerprint density at radius 2 is 1.54 bits per heavy atom. The van der Waals surface area contributed by atoms with E-state index in [9.17, 15) is 5.11 Å². The van der Waals surface area contributed by atoms with Crippen LogP contribution in [-0.2, 0) is 11.3 Å². The number of rotatable bonds is 6. The van der Waals surface area contributed by atoms with E-state index in [1.54, 1.807) is 7.11 Å². The number of ether oxygens (including phenoxy) is 2. The van der Waals surface area contributed by atoms with Crippen LogP contribution in [0.5, 0.6) is 5.75 Å². The van der Waals surface area contributed by atoms with Gasteiger partial charge in [-0.2, -0.15) is 0 Å². The molecule has 1 saturated heterocycles. The van der Waals surface area contributed by atoms with Gasteiger partial charge in [0.25, 0.3) is 0 Å². The van der Waals surface area contributed by atoms with Gasteiger partial charge >= 0.3 is 0 Å². The second-order valence-electron chi connectivity index (χ2n) is 8.06. The average Bonchev–Trinajstić information content (AvgIpc) is 3.14. The van der Waals surface area contributed by atoms with Gasteiger partial charge in [0.15, 0.2) is 0 Å². The molecule has 28 heavy (non-hydrogen) atoms. The zero-order valence-electron chi connectivity index (χ0n) is 16.7. The molecule has 0 bridgehead atoms. The van der Waals surface area contributed by atoms with E-state index in [1.807, 2.05) is 12.1 Å². The van der Waals surface area contributed by atoms with Gasteiger partial charge in [0, 0.05) is 12.5 Å². The van der Waals surface area contributed by atoms with Crippen LogP contribution in [0.2, 0.25) is 0 Å². The molecule has 0 unspecified atom stereocenters. The molecule has 2 fully saturated rings. The minimum absolute atomic E-state index is 0.156. The molecule has 2 aliphatic rings. The van der Waals surface area contributed by atoms with Crippen molar-refractivity contribution in [3.8, 4) is 16.9 Å². The van der Waals surface area contributed by atoms with Crippen molar-refractivity contribution in [1.29, 1.82) is 0 Å². The van der Waals surface area contributed by atoms with Crippen LogP contribution >= 0.6 is 0 Å². The molecular weight excluding hydrogens is 350 g/mol. The van der Waals surface area contributed by atoms with Crippen LogP contribution in [0.1, 0.15) is 37.7 Å². The van der Waals surface area contributed by atoms with Gasteiger partial charge in [0.2, 0.25) is 0 Å². The van der Waals surface area contributed by atoms with Crippen molar-refractivity contribution < 1.29 is 14.6 Å². The lowest BCUT2D eigenvalue weighted by Gasteiger charge is -2.33. The third-order valence-corrected chi connectivity index (χ3v) is 6.18. The molecule has 1 saturated carbocycles. The predicted octanol–water partition coefficient (Wildman–Crippen LogP) is 4.26. The number of nitrogens with zero attached hydrogens (tertiary/aromatic N) is 1. The Morgan fingerprint density at radius 3 is 2.18 bits per heavy atom. The Hall–Kier alpha value is -1.88. The highest BCUT2D eigenvalue weighted by molar-refractivity contribution is 5.64. The fourth-order valence-corrected chi connectivity index (χ4v) is 4.52. The van der Waals surface area contributed by atoms with Gasteiger partial charge in [-0.05, 0) is 61.2 Å². The molecule has 0 aromatic heterocycles. The fourth-order valence-electron chi connectivity index (χ4n) is 4.52. The quantitative estimate of drug-likeness (QED) is 0.812. The Balaban J connectivity index is 1.30. The van der Waals surface area contributed by atoms with Gasteiger partial charge in [-0.1, -0.05) is 42.8 Å². The lowest BCUT2D eigenvalue weighted by molar-refractivity contribution is 0.0356. The van der Waals surface area contributed by atoms with Crippen LogP contribution in [0.25, 0.3) is 11.1 Å². The van der Waals surface area contributed by atoms with Crippen molar-refractivity contribution in [1.82, 2.24) is 4.90 Å². The van der Waals surface area contributed by atoms with E-state index in [0.29, 0.717) is 6.61 Å². The summed E-state index contributed by atoms with van der Waals surface area (Å²) >= 11 is 0. The van der Waals surface area contributed by atoms with E-state index in [4.69, 9.17) is 9.47 Å². The number of likely N-dealkylation sites (tertiary alicyclic amines) is 1. The van der Waals surface area contributed by atoms with Gasteiger partial charge in [-0.15, -0.1) is 0 Å². The third kappa shape index (κ3) is 4.57. The Kier molecular flexibility index (Phi) is 6.30. The SMILES string of the molecule is COc1ccc(-c2ccc(CO[C@H]3C[C@@H](O)[C@H](N4CCCCC4)C3)cc2)cc1. The normalized spacial score (nSPS) is 25.7. The Bertz CT molecular complexity index is 737. The topological polar surface area (TPSA) is 41.9 Å². The Labute approximate surface area is 168 Å². The van der Waals surface area contributed by atoms with E-state index >= 15 is 0 Å². The minimum atomic E-state index is -0.249. The molecule has 4 rings (SSSR count). The van der Waals surface area contributed by atoms with Gasteiger partial charge < -0.3 is 14.6 Å². The highest BCUT2D eigenvalue weighted by atomic mass is 16.5.